The number of aromatic nitrogens is 1. The summed E-state index contributed by atoms with van der Waals surface area (Å²) in [6, 6.07) is 24.0. The van der Waals surface area contributed by atoms with Crippen molar-refractivity contribution in [1.82, 2.24) is 4.57 Å². The van der Waals surface area contributed by atoms with E-state index in [4.69, 9.17) is 0 Å². The van der Waals surface area contributed by atoms with Crippen molar-refractivity contribution in [1.29, 1.82) is 0 Å². The van der Waals surface area contributed by atoms with Crippen molar-refractivity contribution in [2.45, 2.75) is 29.7 Å². The van der Waals surface area contributed by atoms with Crippen molar-refractivity contribution in [2.75, 3.05) is 10.2 Å². The van der Waals surface area contributed by atoms with E-state index < -0.39 is 17.1 Å². The topological polar surface area (TPSA) is 88.5 Å². The molecule has 0 spiro atoms. The van der Waals surface area contributed by atoms with Gasteiger partial charge in [0, 0.05) is 21.0 Å². The lowest BCUT2D eigenvalue weighted by atomic mass is 9.83. The number of aryl methyl sites for hydroxylation is 1. The number of halogens is 1. The molecule has 196 valence electrons. The molecule has 1 fully saturated rings. The molecule has 0 aliphatic carbocycles. The molecule has 6 rings (SSSR count). The molecule has 0 bridgehead atoms. The van der Waals surface area contributed by atoms with Crippen LogP contribution in [0.1, 0.15) is 21.9 Å². The van der Waals surface area contributed by atoms with Gasteiger partial charge in [-0.25, -0.2) is 4.90 Å². The van der Waals surface area contributed by atoms with Crippen LogP contribution in [0.25, 0.3) is 0 Å². The molecule has 7 nitrogen and oxygen atoms in total. The van der Waals surface area contributed by atoms with Crippen LogP contribution in [0.4, 0.5) is 11.4 Å². The molecule has 1 aromatic heterocycles. The van der Waals surface area contributed by atoms with Crippen LogP contribution in [0, 0.1) is 12.8 Å². The van der Waals surface area contributed by atoms with Crippen molar-refractivity contribution >= 4 is 68.1 Å². The maximum atomic E-state index is 13.9. The maximum Gasteiger partial charge on any atom is 0.308 e. The number of nitrogens with one attached hydrogen (secondary N) is 1. The highest BCUT2D eigenvalue weighted by molar-refractivity contribution is 9.10. The van der Waals surface area contributed by atoms with E-state index in [2.05, 4.69) is 21.2 Å². The zero-order valence-electron chi connectivity index (χ0n) is 20.7. The molecule has 10 heteroatoms. The number of nitrogens with zero attached hydrogens (tertiary/aromatic N) is 2. The average Bonchev–Trinajstić information content (AvgIpc) is 3.37. The third-order valence-electron chi connectivity index (χ3n) is 6.93. The molecule has 3 atom stereocenters. The highest BCUT2D eigenvalue weighted by Gasteiger charge is 2.56. The number of amides is 3. The van der Waals surface area contributed by atoms with Gasteiger partial charge in [-0.15, -0.1) is 0 Å². The Bertz CT molecular complexity index is 1650. The minimum atomic E-state index is -0.723. The first kappa shape index (κ1) is 25.8. The molecule has 2 aliphatic heterocycles. The first-order valence-electron chi connectivity index (χ1n) is 12.3. The van der Waals surface area contributed by atoms with E-state index in [1.807, 2.05) is 61.5 Å². The SMILES string of the molecule is Cc1ccc(NC(=O)Cn2c3c(sc2=O)[C@@H](c2ccccc2)[C@@H]2C(=O)N(c4ccc(Br)cc4)C(=O)[C@@H]2S3)cc1. The van der Waals surface area contributed by atoms with Crippen molar-refractivity contribution in [3.63, 3.8) is 0 Å². The first-order valence-corrected chi connectivity index (χ1v) is 14.8. The number of fused-ring (bicyclic) bond motifs is 2. The normalized spacial score (nSPS) is 20.1. The lowest BCUT2D eigenvalue weighted by molar-refractivity contribution is -0.122. The van der Waals surface area contributed by atoms with E-state index in [1.165, 1.54) is 21.2 Å². The fraction of sp³-hybridized carbons (Fsp3) is 0.172. The van der Waals surface area contributed by atoms with Gasteiger partial charge >= 0.3 is 4.87 Å². The zero-order chi connectivity index (χ0) is 27.3. The molecule has 1 N–H and O–H groups in total. The Hall–Kier alpha value is -3.47. The van der Waals surface area contributed by atoms with Crippen LogP contribution < -0.4 is 15.1 Å². The Balaban J connectivity index is 1.39. The minimum Gasteiger partial charge on any atom is -0.325 e. The molecule has 2 aliphatic rings. The molecule has 0 radical (unpaired) electrons. The molecule has 4 aromatic rings. The quantitative estimate of drug-likeness (QED) is 0.302. The summed E-state index contributed by atoms with van der Waals surface area (Å²) in [5, 5.41) is 2.69. The molecule has 3 amide bonds. The van der Waals surface area contributed by atoms with Crippen LogP contribution in [0.5, 0.6) is 0 Å². The van der Waals surface area contributed by atoms with Gasteiger partial charge in [-0.05, 0) is 48.9 Å². The number of carbonyl (C=O) groups is 3. The molecular formula is C29H22BrN3O4S2. The number of imide groups is 1. The van der Waals surface area contributed by atoms with Gasteiger partial charge in [-0.3, -0.25) is 23.7 Å². The van der Waals surface area contributed by atoms with E-state index in [0.29, 0.717) is 21.3 Å². The Morgan fingerprint density at radius 2 is 1.62 bits per heavy atom. The van der Waals surface area contributed by atoms with Crippen LogP contribution in [0.2, 0.25) is 0 Å². The fourth-order valence-electron chi connectivity index (χ4n) is 5.10. The van der Waals surface area contributed by atoms with Gasteiger partial charge in [0.2, 0.25) is 17.7 Å². The smallest absolute Gasteiger partial charge is 0.308 e. The second kappa shape index (κ2) is 10.3. The van der Waals surface area contributed by atoms with E-state index in [1.54, 1.807) is 24.3 Å². The van der Waals surface area contributed by atoms with Gasteiger partial charge in [-0.1, -0.05) is 87.1 Å². The number of benzene rings is 3. The summed E-state index contributed by atoms with van der Waals surface area (Å²) in [5.41, 5.74) is 3.07. The van der Waals surface area contributed by atoms with Crippen LogP contribution in [-0.2, 0) is 20.9 Å². The van der Waals surface area contributed by atoms with Gasteiger partial charge in [0.1, 0.15) is 11.8 Å². The van der Waals surface area contributed by atoms with E-state index in [0.717, 1.165) is 26.9 Å². The second-order valence-corrected chi connectivity index (χ2v) is 12.5. The summed E-state index contributed by atoms with van der Waals surface area (Å²) >= 11 is 5.65. The minimum absolute atomic E-state index is 0.191. The Kier molecular flexibility index (Phi) is 6.78. The molecule has 39 heavy (non-hydrogen) atoms. The zero-order valence-corrected chi connectivity index (χ0v) is 23.9. The fourth-order valence-corrected chi connectivity index (χ4v) is 8.14. The average molecular weight is 621 g/mol. The van der Waals surface area contributed by atoms with Gasteiger partial charge < -0.3 is 5.32 Å². The van der Waals surface area contributed by atoms with Crippen LogP contribution in [0.15, 0.2) is 93.2 Å². The standard InChI is InChI=1S/C29H22BrN3O4S2/c1-16-7-11-19(12-8-16)31-21(34)15-32-28-25(39-29(32)37)22(17-5-3-2-4-6-17)23-24(38-28)27(36)33(26(23)35)20-13-9-18(30)10-14-20/h2-14,22-24H,15H2,1H3,(H,31,34)/t22-,23-,24+/m0/s1. The Morgan fingerprint density at radius 3 is 2.31 bits per heavy atom. The number of thiazole rings is 1. The number of hydrogen-bond donors (Lipinski definition) is 1. The molecule has 3 heterocycles. The van der Waals surface area contributed by atoms with Crippen LogP contribution in [0.3, 0.4) is 0 Å². The first-order chi connectivity index (χ1) is 18.8. The van der Waals surface area contributed by atoms with Crippen LogP contribution >= 0.6 is 39.0 Å². The summed E-state index contributed by atoms with van der Waals surface area (Å²) in [4.78, 5) is 55.4. The van der Waals surface area contributed by atoms with Crippen molar-refractivity contribution in [3.8, 4) is 0 Å². The number of rotatable bonds is 5. The molecule has 1 saturated heterocycles. The highest BCUT2D eigenvalue weighted by Crippen LogP contribution is 2.53. The second-order valence-electron chi connectivity index (χ2n) is 9.48. The Labute approximate surface area is 241 Å². The number of carbonyl (C=O) groups excluding carboxylic acids is 3. The largest absolute Gasteiger partial charge is 0.325 e. The van der Waals surface area contributed by atoms with E-state index in [-0.39, 0.29) is 29.1 Å². The number of hydrogen-bond acceptors (Lipinski definition) is 6. The van der Waals surface area contributed by atoms with Crippen molar-refractivity contribution in [3.05, 3.63) is 109 Å². The Morgan fingerprint density at radius 1 is 0.923 bits per heavy atom. The summed E-state index contributed by atoms with van der Waals surface area (Å²) in [5.74, 6) is -2.11. The van der Waals surface area contributed by atoms with Crippen molar-refractivity contribution < 1.29 is 14.4 Å². The third-order valence-corrected chi connectivity index (χ3v) is 10.1. The van der Waals surface area contributed by atoms with E-state index in [9.17, 15) is 19.2 Å². The lowest BCUT2D eigenvalue weighted by Gasteiger charge is -2.30. The molecule has 0 unspecified atom stereocenters. The van der Waals surface area contributed by atoms with Crippen molar-refractivity contribution in [2.24, 2.45) is 5.92 Å². The molecular weight excluding hydrogens is 598 g/mol. The molecule has 0 saturated carbocycles. The highest BCUT2D eigenvalue weighted by atomic mass is 79.9. The van der Waals surface area contributed by atoms with Gasteiger partial charge in [0.15, 0.2) is 0 Å². The van der Waals surface area contributed by atoms with Crippen LogP contribution in [-0.4, -0.2) is 27.5 Å². The predicted octanol–water partition coefficient (Wildman–Crippen LogP) is 5.42. The van der Waals surface area contributed by atoms with Gasteiger partial charge in [0.25, 0.3) is 0 Å². The van der Waals surface area contributed by atoms with Gasteiger partial charge in [-0.2, -0.15) is 0 Å². The number of anilines is 2. The summed E-state index contributed by atoms with van der Waals surface area (Å²) in [6.07, 6.45) is 0. The maximum absolute atomic E-state index is 13.9. The summed E-state index contributed by atoms with van der Waals surface area (Å²) in [6.45, 7) is 1.77. The summed E-state index contributed by atoms with van der Waals surface area (Å²) < 4.78 is 2.27. The monoisotopic (exact) mass is 619 g/mol. The lowest BCUT2D eigenvalue weighted by Crippen LogP contribution is -2.33. The molecule has 3 aromatic carbocycles. The van der Waals surface area contributed by atoms with Gasteiger partial charge in [0.05, 0.1) is 16.6 Å². The van der Waals surface area contributed by atoms with E-state index >= 15 is 0 Å². The third kappa shape index (κ3) is 4.66. The predicted molar refractivity (Wildman–Crippen MR) is 156 cm³/mol. The summed E-state index contributed by atoms with van der Waals surface area (Å²) in [7, 11) is 0. The number of thioether (sulfide) groups is 1.